The minimum atomic E-state index is 0.270. The van der Waals surface area contributed by atoms with Gasteiger partial charge in [0, 0.05) is 0 Å². The predicted octanol–water partition coefficient (Wildman–Crippen LogP) is 1.63. The number of rotatable bonds is 7. The van der Waals surface area contributed by atoms with E-state index in [4.69, 9.17) is 23.7 Å². The van der Waals surface area contributed by atoms with Gasteiger partial charge < -0.3 is 23.7 Å². The molecule has 0 aromatic heterocycles. The van der Waals surface area contributed by atoms with Crippen LogP contribution in [0, 0.1) is 0 Å². The Labute approximate surface area is 107 Å². The number of hydrogen-bond donors (Lipinski definition) is 0. The average Bonchev–Trinajstić information content (AvgIpc) is 3.21. The molecule has 1 aromatic rings. The van der Waals surface area contributed by atoms with Crippen molar-refractivity contribution in [2.75, 3.05) is 34.5 Å². The van der Waals surface area contributed by atoms with Crippen molar-refractivity contribution in [2.45, 2.75) is 12.7 Å². The third-order valence-corrected chi connectivity index (χ3v) is 2.70. The van der Waals surface area contributed by atoms with Gasteiger partial charge in [0.15, 0.2) is 11.5 Å². The molecule has 1 aliphatic heterocycles. The van der Waals surface area contributed by atoms with E-state index in [1.165, 1.54) is 0 Å². The van der Waals surface area contributed by atoms with Gasteiger partial charge in [0.1, 0.15) is 6.10 Å². The first kappa shape index (κ1) is 13.0. The Bertz CT molecular complexity index is 375. The molecule has 2 rings (SSSR count). The summed E-state index contributed by atoms with van der Waals surface area (Å²) in [5.41, 5.74) is 0.977. The molecule has 0 saturated carbocycles. The minimum Gasteiger partial charge on any atom is -0.493 e. The van der Waals surface area contributed by atoms with E-state index in [0.717, 1.165) is 12.2 Å². The molecule has 1 saturated heterocycles. The Balaban J connectivity index is 2.08. The van der Waals surface area contributed by atoms with Crippen molar-refractivity contribution in [3.63, 3.8) is 0 Å². The molecular formula is C13H18O5. The van der Waals surface area contributed by atoms with Crippen molar-refractivity contribution in [1.82, 2.24) is 0 Å². The molecular weight excluding hydrogens is 236 g/mol. The minimum absolute atomic E-state index is 0.270. The van der Waals surface area contributed by atoms with E-state index >= 15 is 0 Å². The van der Waals surface area contributed by atoms with Gasteiger partial charge in [-0.1, -0.05) is 0 Å². The van der Waals surface area contributed by atoms with E-state index in [0.29, 0.717) is 30.5 Å². The van der Waals surface area contributed by atoms with Gasteiger partial charge in [0.25, 0.3) is 0 Å². The predicted molar refractivity (Wildman–Crippen MR) is 65.5 cm³/mol. The second-order valence-electron chi connectivity index (χ2n) is 4.00. The average molecular weight is 254 g/mol. The second-order valence-corrected chi connectivity index (χ2v) is 4.00. The normalized spacial score (nSPS) is 17.4. The van der Waals surface area contributed by atoms with Crippen molar-refractivity contribution < 1.29 is 23.7 Å². The lowest BCUT2D eigenvalue weighted by Crippen LogP contribution is -2.02. The molecule has 5 nitrogen and oxygen atoms in total. The Morgan fingerprint density at radius 3 is 2.17 bits per heavy atom. The monoisotopic (exact) mass is 254 g/mol. The molecule has 18 heavy (non-hydrogen) atoms. The maximum atomic E-state index is 5.54. The first-order valence-corrected chi connectivity index (χ1v) is 5.76. The van der Waals surface area contributed by atoms with Crippen LogP contribution in [0.1, 0.15) is 5.56 Å². The van der Waals surface area contributed by atoms with Gasteiger partial charge in [0.2, 0.25) is 5.75 Å². The van der Waals surface area contributed by atoms with Crippen LogP contribution in [-0.4, -0.2) is 40.6 Å². The number of ether oxygens (including phenoxy) is 5. The highest BCUT2D eigenvalue weighted by atomic mass is 16.6. The molecule has 0 radical (unpaired) electrons. The Kier molecular flexibility index (Phi) is 4.28. The van der Waals surface area contributed by atoms with Crippen LogP contribution < -0.4 is 14.2 Å². The highest BCUT2D eigenvalue weighted by Gasteiger charge is 2.22. The van der Waals surface area contributed by atoms with Gasteiger partial charge in [-0.2, -0.15) is 0 Å². The molecule has 1 atom stereocenters. The fourth-order valence-electron chi connectivity index (χ4n) is 1.69. The molecule has 0 amide bonds. The van der Waals surface area contributed by atoms with Crippen LogP contribution in [0.2, 0.25) is 0 Å². The third-order valence-electron chi connectivity index (χ3n) is 2.70. The molecule has 1 aliphatic rings. The largest absolute Gasteiger partial charge is 0.493 e. The van der Waals surface area contributed by atoms with Gasteiger partial charge in [-0.05, 0) is 17.7 Å². The van der Waals surface area contributed by atoms with Crippen molar-refractivity contribution in [1.29, 1.82) is 0 Å². The van der Waals surface area contributed by atoms with Crippen molar-refractivity contribution in [3.8, 4) is 17.2 Å². The van der Waals surface area contributed by atoms with Gasteiger partial charge >= 0.3 is 0 Å². The van der Waals surface area contributed by atoms with Gasteiger partial charge in [-0.15, -0.1) is 0 Å². The lowest BCUT2D eigenvalue weighted by atomic mass is 10.2. The summed E-state index contributed by atoms with van der Waals surface area (Å²) in [5, 5.41) is 0. The zero-order valence-electron chi connectivity index (χ0n) is 10.9. The molecule has 0 N–H and O–H groups in total. The maximum Gasteiger partial charge on any atom is 0.203 e. The van der Waals surface area contributed by atoms with Crippen LogP contribution in [0.5, 0.6) is 17.2 Å². The molecule has 0 unspecified atom stereocenters. The third kappa shape index (κ3) is 3.05. The van der Waals surface area contributed by atoms with E-state index < -0.39 is 0 Å². The van der Waals surface area contributed by atoms with E-state index in [9.17, 15) is 0 Å². The summed E-state index contributed by atoms with van der Waals surface area (Å²) in [6.07, 6.45) is 0.270. The Hall–Kier alpha value is -1.46. The van der Waals surface area contributed by atoms with E-state index in [1.54, 1.807) is 21.3 Å². The summed E-state index contributed by atoms with van der Waals surface area (Å²) in [7, 11) is 4.78. The SMILES string of the molecule is COc1cc(COC[C@@H]2CO2)cc(OC)c1OC. The van der Waals surface area contributed by atoms with Crippen LogP contribution in [0.15, 0.2) is 12.1 Å². The van der Waals surface area contributed by atoms with Crippen molar-refractivity contribution in [2.24, 2.45) is 0 Å². The topological polar surface area (TPSA) is 49.5 Å². The quantitative estimate of drug-likeness (QED) is 0.692. The summed E-state index contributed by atoms with van der Waals surface area (Å²) in [5.74, 6) is 1.87. The zero-order chi connectivity index (χ0) is 13.0. The maximum absolute atomic E-state index is 5.54. The molecule has 100 valence electrons. The standard InChI is InChI=1S/C13H18O5/c1-14-11-4-9(6-17-7-10-8-18-10)5-12(15-2)13(11)16-3/h4-5,10H,6-8H2,1-3H3/t10-/m1/s1. The lowest BCUT2D eigenvalue weighted by Gasteiger charge is -2.14. The number of epoxide rings is 1. The molecule has 0 aliphatic carbocycles. The van der Waals surface area contributed by atoms with E-state index in [2.05, 4.69) is 0 Å². The molecule has 0 spiro atoms. The second kappa shape index (κ2) is 5.93. The summed E-state index contributed by atoms with van der Waals surface area (Å²) in [6.45, 7) is 1.92. The summed E-state index contributed by atoms with van der Waals surface area (Å²) in [6, 6.07) is 3.77. The molecule has 1 aromatic carbocycles. The van der Waals surface area contributed by atoms with Crippen molar-refractivity contribution in [3.05, 3.63) is 17.7 Å². The highest BCUT2D eigenvalue weighted by molar-refractivity contribution is 5.53. The van der Waals surface area contributed by atoms with Gasteiger partial charge in [-0.25, -0.2) is 0 Å². The Morgan fingerprint density at radius 2 is 1.72 bits per heavy atom. The van der Waals surface area contributed by atoms with Crippen LogP contribution in [0.3, 0.4) is 0 Å². The van der Waals surface area contributed by atoms with Crippen molar-refractivity contribution >= 4 is 0 Å². The first-order valence-electron chi connectivity index (χ1n) is 5.76. The summed E-state index contributed by atoms with van der Waals surface area (Å²) in [4.78, 5) is 0. The highest BCUT2D eigenvalue weighted by Crippen LogP contribution is 2.38. The lowest BCUT2D eigenvalue weighted by molar-refractivity contribution is 0.104. The first-order chi connectivity index (χ1) is 8.78. The smallest absolute Gasteiger partial charge is 0.203 e. The molecule has 0 bridgehead atoms. The molecule has 1 fully saturated rings. The summed E-state index contributed by atoms with van der Waals surface area (Å²) >= 11 is 0. The van der Waals surface area contributed by atoms with Crippen LogP contribution in [0.4, 0.5) is 0 Å². The fraction of sp³-hybridized carbons (Fsp3) is 0.538. The molecule has 5 heteroatoms. The summed E-state index contributed by atoms with van der Waals surface area (Å²) < 4.78 is 26.4. The van der Waals surface area contributed by atoms with Crippen LogP contribution in [-0.2, 0) is 16.1 Å². The zero-order valence-corrected chi connectivity index (χ0v) is 10.9. The Morgan fingerprint density at radius 1 is 1.11 bits per heavy atom. The fourth-order valence-corrected chi connectivity index (χ4v) is 1.69. The number of hydrogen-bond acceptors (Lipinski definition) is 5. The van der Waals surface area contributed by atoms with Gasteiger partial charge in [0.05, 0.1) is 41.2 Å². The number of methoxy groups -OCH3 is 3. The van der Waals surface area contributed by atoms with Gasteiger partial charge in [-0.3, -0.25) is 0 Å². The number of benzene rings is 1. The van der Waals surface area contributed by atoms with Crippen LogP contribution in [0.25, 0.3) is 0 Å². The van der Waals surface area contributed by atoms with E-state index in [-0.39, 0.29) is 6.10 Å². The molecule has 1 heterocycles. The van der Waals surface area contributed by atoms with E-state index in [1.807, 2.05) is 12.1 Å². The van der Waals surface area contributed by atoms with Crippen LogP contribution >= 0.6 is 0 Å².